The number of amides is 1. The number of aryl methyl sites for hydroxylation is 3. The topological polar surface area (TPSA) is 70.9 Å². The number of aromatic hydroxyl groups is 1. The van der Waals surface area contributed by atoms with Crippen molar-refractivity contribution in [1.29, 1.82) is 0 Å². The van der Waals surface area contributed by atoms with Crippen LogP contribution in [0.1, 0.15) is 22.3 Å². The zero-order valence-corrected chi connectivity index (χ0v) is 15.3. The fraction of sp³-hybridized carbons (Fsp3) is 0.222. The number of hydrogen-bond donors (Lipinski definition) is 2. The molecule has 0 aromatic heterocycles. The predicted molar refractivity (Wildman–Crippen MR) is 97.7 cm³/mol. The number of para-hydroxylation sites is 1. The van der Waals surface area contributed by atoms with Crippen molar-refractivity contribution in [3.05, 3.63) is 57.1 Å². The van der Waals surface area contributed by atoms with Gasteiger partial charge in [-0.15, -0.1) is 0 Å². The van der Waals surface area contributed by atoms with E-state index in [-0.39, 0.29) is 18.3 Å². The van der Waals surface area contributed by atoms with E-state index < -0.39 is 0 Å². The molecule has 6 heteroatoms. The van der Waals surface area contributed by atoms with Gasteiger partial charge in [0.2, 0.25) is 0 Å². The van der Waals surface area contributed by atoms with Crippen LogP contribution in [0.2, 0.25) is 0 Å². The molecule has 5 nitrogen and oxygen atoms in total. The van der Waals surface area contributed by atoms with Crippen LogP contribution in [0.3, 0.4) is 0 Å². The van der Waals surface area contributed by atoms with Crippen molar-refractivity contribution in [2.75, 3.05) is 6.61 Å². The normalized spacial score (nSPS) is 10.8. The van der Waals surface area contributed by atoms with Crippen LogP contribution in [0, 0.1) is 20.8 Å². The van der Waals surface area contributed by atoms with Gasteiger partial charge in [-0.3, -0.25) is 4.79 Å². The number of hydrogen-bond acceptors (Lipinski definition) is 4. The molecule has 0 spiro atoms. The number of ether oxygens (including phenoxy) is 1. The Labute approximate surface area is 149 Å². The van der Waals surface area contributed by atoms with E-state index in [1.54, 1.807) is 25.1 Å². The molecule has 0 aliphatic carbocycles. The minimum atomic E-state index is -0.384. The Balaban J connectivity index is 1.92. The van der Waals surface area contributed by atoms with Crippen molar-refractivity contribution in [3.8, 4) is 11.5 Å². The minimum Gasteiger partial charge on any atom is -0.507 e. The fourth-order valence-electron chi connectivity index (χ4n) is 2.21. The van der Waals surface area contributed by atoms with E-state index in [0.29, 0.717) is 11.3 Å². The number of nitrogens with one attached hydrogen (secondary N) is 1. The van der Waals surface area contributed by atoms with Crippen LogP contribution in [-0.4, -0.2) is 23.8 Å². The average molecular weight is 391 g/mol. The average Bonchev–Trinajstić information content (AvgIpc) is 2.50. The van der Waals surface area contributed by atoms with Crippen LogP contribution in [-0.2, 0) is 4.79 Å². The monoisotopic (exact) mass is 390 g/mol. The van der Waals surface area contributed by atoms with Gasteiger partial charge in [-0.05, 0) is 65.5 Å². The molecule has 2 N–H and O–H groups in total. The molecule has 1 amide bonds. The Hall–Kier alpha value is -2.34. The minimum absolute atomic E-state index is 0.144. The van der Waals surface area contributed by atoms with Crippen LogP contribution in [0.4, 0.5) is 0 Å². The van der Waals surface area contributed by atoms with Gasteiger partial charge in [0.15, 0.2) is 6.61 Å². The van der Waals surface area contributed by atoms with Crippen LogP contribution < -0.4 is 10.2 Å². The maximum absolute atomic E-state index is 11.8. The number of rotatable bonds is 5. The summed E-state index contributed by atoms with van der Waals surface area (Å²) >= 11 is 3.43. The molecule has 0 saturated carbocycles. The largest absolute Gasteiger partial charge is 0.507 e. The van der Waals surface area contributed by atoms with Crippen molar-refractivity contribution in [3.63, 3.8) is 0 Å². The lowest BCUT2D eigenvalue weighted by atomic mass is 10.1. The summed E-state index contributed by atoms with van der Waals surface area (Å²) in [4.78, 5) is 11.8. The van der Waals surface area contributed by atoms with E-state index >= 15 is 0 Å². The van der Waals surface area contributed by atoms with Gasteiger partial charge in [0.25, 0.3) is 5.91 Å². The molecule has 0 radical (unpaired) electrons. The standard InChI is InChI=1S/C18H19BrN2O3/c1-11-7-13(3)18(15(19)8-11)24-10-16(22)21-20-9-14-6-4-5-12(2)17(14)23/h4-9,23H,10H2,1-3H3,(H,21,22)/b20-9-. The zero-order chi connectivity index (χ0) is 17.7. The molecule has 0 unspecified atom stereocenters. The molecule has 0 aliphatic rings. The molecule has 126 valence electrons. The molecule has 2 rings (SSSR count). The van der Waals surface area contributed by atoms with E-state index in [1.165, 1.54) is 6.21 Å². The van der Waals surface area contributed by atoms with Crippen LogP contribution in [0.5, 0.6) is 11.5 Å². The maximum Gasteiger partial charge on any atom is 0.277 e. The van der Waals surface area contributed by atoms with Gasteiger partial charge in [0.05, 0.1) is 10.7 Å². The van der Waals surface area contributed by atoms with Crippen molar-refractivity contribution in [2.45, 2.75) is 20.8 Å². The number of carbonyl (C=O) groups is 1. The summed E-state index contributed by atoms with van der Waals surface area (Å²) in [5.41, 5.74) is 5.71. The first kappa shape index (κ1) is 18.0. The van der Waals surface area contributed by atoms with Crippen molar-refractivity contribution in [1.82, 2.24) is 5.43 Å². The van der Waals surface area contributed by atoms with E-state index in [1.807, 2.05) is 26.0 Å². The molecule has 2 aromatic carbocycles. The second-order valence-electron chi connectivity index (χ2n) is 5.49. The third kappa shape index (κ3) is 4.58. The third-order valence-electron chi connectivity index (χ3n) is 3.38. The number of benzene rings is 2. The van der Waals surface area contributed by atoms with Gasteiger partial charge >= 0.3 is 0 Å². The summed E-state index contributed by atoms with van der Waals surface area (Å²) in [5.74, 6) is 0.396. The van der Waals surface area contributed by atoms with Crippen molar-refractivity contribution < 1.29 is 14.6 Å². The molecule has 24 heavy (non-hydrogen) atoms. The Morgan fingerprint density at radius 2 is 2.04 bits per heavy atom. The van der Waals surface area contributed by atoms with Crippen LogP contribution >= 0.6 is 15.9 Å². The van der Waals surface area contributed by atoms with Crippen LogP contribution in [0.25, 0.3) is 0 Å². The molecule has 0 aliphatic heterocycles. The van der Waals surface area contributed by atoms with Gasteiger partial charge in [-0.2, -0.15) is 5.10 Å². The summed E-state index contributed by atoms with van der Waals surface area (Å²) in [6.07, 6.45) is 1.40. The first-order chi connectivity index (χ1) is 11.4. The first-order valence-corrected chi connectivity index (χ1v) is 8.18. The number of phenolic OH excluding ortho intramolecular Hbond substituents is 1. The van der Waals surface area contributed by atoms with Crippen LogP contribution in [0.15, 0.2) is 39.9 Å². The quantitative estimate of drug-likeness (QED) is 0.604. The SMILES string of the molecule is Cc1cc(C)c(OCC(=O)N/N=C\c2cccc(C)c2O)c(Br)c1. The van der Waals surface area contributed by atoms with Crippen molar-refractivity contribution in [2.24, 2.45) is 5.10 Å². The second-order valence-corrected chi connectivity index (χ2v) is 6.34. The predicted octanol–water partition coefficient (Wildman–Crippen LogP) is 3.61. The summed E-state index contributed by atoms with van der Waals surface area (Å²) in [6, 6.07) is 9.22. The molecule has 0 atom stereocenters. The van der Waals surface area contributed by atoms with E-state index in [0.717, 1.165) is 21.2 Å². The van der Waals surface area contributed by atoms with E-state index in [9.17, 15) is 9.90 Å². The lowest BCUT2D eigenvalue weighted by Gasteiger charge is -2.11. The van der Waals surface area contributed by atoms with Gasteiger partial charge in [0, 0.05) is 5.56 Å². The molecular weight excluding hydrogens is 372 g/mol. The van der Waals surface area contributed by atoms with Crippen molar-refractivity contribution >= 4 is 28.1 Å². The third-order valence-corrected chi connectivity index (χ3v) is 3.97. The first-order valence-electron chi connectivity index (χ1n) is 7.38. The second kappa shape index (κ2) is 7.97. The Morgan fingerprint density at radius 3 is 2.75 bits per heavy atom. The zero-order valence-electron chi connectivity index (χ0n) is 13.8. The number of nitrogens with zero attached hydrogens (tertiary/aromatic N) is 1. The highest BCUT2D eigenvalue weighted by molar-refractivity contribution is 9.10. The highest BCUT2D eigenvalue weighted by Gasteiger charge is 2.09. The van der Waals surface area contributed by atoms with Gasteiger partial charge in [0.1, 0.15) is 11.5 Å². The smallest absolute Gasteiger partial charge is 0.277 e. The van der Waals surface area contributed by atoms with Gasteiger partial charge in [-0.25, -0.2) is 5.43 Å². The fourth-order valence-corrected chi connectivity index (χ4v) is 3.00. The molecular formula is C18H19BrN2O3. The summed E-state index contributed by atoms with van der Waals surface area (Å²) in [7, 11) is 0. The van der Waals surface area contributed by atoms with E-state index in [4.69, 9.17) is 4.74 Å². The lowest BCUT2D eigenvalue weighted by Crippen LogP contribution is -2.24. The number of hydrazone groups is 1. The lowest BCUT2D eigenvalue weighted by molar-refractivity contribution is -0.123. The Kier molecular flexibility index (Phi) is 5.98. The highest BCUT2D eigenvalue weighted by Crippen LogP contribution is 2.30. The Bertz CT molecular complexity index is 765. The van der Waals surface area contributed by atoms with Gasteiger partial charge < -0.3 is 9.84 Å². The summed E-state index contributed by atoms with van der Waals surface area (Å²) < 4.78 is 6.35. The number of halogens is 1. The molecule has 0 heterocycles. The Morgan fingerprint density at radius 1 is 1.29 bits per heavy atom. The number of carbonyl (C=O) groups excluding carboxylic acids is 1. The molecule has 0 fully saturated rings. The summed E-state index contributed by atoms with van der Waals surface area (Å²) in [6.45, 7) is 5.55. The molecule has 2 aromatic rings. The molecule has 0 bridgehead atoms. The number of phenols is 1. The highest BCUT2D eigenvalue weighted by atomic mass is 79.9. The summed E-state index contributed by atoms with van der Waals surface area (Å²) in [5, 5.41) is 13.7. The van der Waals surface area contributed by atoms with E-state index in [2.05, 4.69) is 26.5 Å². The molecule has 0 saturated heterocycles. The van der Waals surface area contributed by atoms with Gasteiger partial charge in [-0.1, -0.05) is 18.2 Å². The maximum atomic E-state index is 11.8.